The van der Waals surface area contributed by atoms with Gasteiger partial charge in [-0.05, 0) is 0 Å². The number of fused-ring (bicyclic) bond motifs is 1. The molecule has 0 amide bonds. The van der Waals surface area contributed by atoms with Crippen LogP contribution in [-0.2, 0) is 54.7 Å². The maximum absolute atomic E-state index is 13.2. The largest absolute Gasteiger partial charge is 0.490 e. The van der Waals surface area contributed by atoms with Gasteiger partial charge in [0.15, 0.2) is 17.7 Å². The van der Waals surface area contributed by atoms with Crippen molar-refractivity contribution in [1.29, 1.82) is 0 Å². The molecule has 2 saturated heterocycles. The van der Waals surface area contributed by atoms with Crippen LogP contribution >= 0.6 is 31.3 Å². The quantitative estimate of drug-likeness (QED) is 0.0798. The Morgan fingerprint density at radius 3 is 2.27 bits per heavy atom. The third-order valence-corrected chi connectivity index (χ3v) is 11.8. The molecule has 4 unspecified atom stereocenters. The lowest BCUT2D eigenvalue weighted by Gasteiger charge is -2.26. The van der Waals surface area contributed by atoms with E-state index in [0.717, 1.165) is 23.9 Å². The van der Waals surface area contributed by atoms with Gasteiger partial charge in [-0.15, -0.1) is 0 Å². The number of imidazole rings is 1. The SMILES string of the molecule is CO[C@H]1C(OP(=O)(O)OC[C@H]2O[C@@H](n3cnc4c(N)ncnc43)C[C@H]2O)[C@@H](COP(=O)(O)OP(=O)(O)OP(=O)(O)O)O[C@H]1n1ccc(=O)[nH]c1=O. The number of aliphatic hydroxyl groups is 1. The number of aromatic nitrogens is 6. The maximum Gasteiger partial charge on any atom is 0.490 e. The van der Waals surface area contributed by atoms with E-state index in [2.05, 4.69) is 28.1 Å². The number of methoxy groups -OCH3 is 1. The summed E-state index contributed by atoms with van der Waals surface area (Å²) in [5, 5.41) is 10.6. The van der Waals surface area contributed by atoms with Crippen LogP contribution < -0.4 is 17.0 Å². The zero-order valence-corrected chi connectivity index (χ0v) is 29.1. The van der Waals surface area contributed by atoms with Crippen LogP contribution in [0.4, 0.5) is 5.82 Å². The second kappa shape index (κ2) is 15.0. The van der Waals surface area contributed by atoms with Crippen LogP contribution in [0.2, 0.25) is 0 Å². The smallest absolute Gasteiger partial charge is 0.390 e. The summed E-state index contributed by atoms with van der Waals surface area (Å²) in [4.78, 5) is 85.6. The lowest BCUT2D eigenvalue weighted by atomic mass is 10.1. The minimum absolute atomic E-state index is 0.0412. The average molecular weight is 811 g/mol. The summed E-state index contributed by atoms with van der Waals surface area (Å²) < 4.78 is 89.5. The number of nitrogen functional groups attached to an aromatic ring is 1. The van der Waals surface area contributed by atoms with Gasteiger partial charge in [0, 0.05) is 25.8 Å². The molecule has 3 aromatic rings. The molecule has 0 radical (unpaired) electrons. The van der Waals surface area contributed by atoms with E-state index in [1.165, 1.54) is 17.2 Å². The van der Waals surface area contributed by atoms with Crippen molar-refractivity contribution >= 4 is 48.3 Å². The highest BCUT2D eigenvalue weighted by molar-refractivity contribution is 7.66. The Balaban J connectivity index is 1.31. The number of anilines is 1. The van der Waals surface area contributed by atoms with Gasteiger partial charge in [-0.25, -0.2) is 38.0 Å². The number of aliphatic hydroxyl groups excluding tert-OH is 1. The topological polar surface area (TPSA) is 388 Å². The first-order valence-electron chi connectivity index (χ1n) is 13.9. The first-order chi connectivity index (χ1) is 23.7. The van der Waals surface area contributed by atoms with E-state index in [-0.39, 0.29) is 23.4 Å². The van der Waals surface area contributed by atoms with Gasteiger partial charge in [0.2, 0.25) is 0 Å². The van der Waals surface area contributed by atoms with Crippen molar-refractivity contribution in [2.45, 2.75) is 49.4 Å². The van der Waals surface area contributed by atoms with Crippen LogP contribution in [0.15, 0.2) is 34.5 Å². The number of nitrogens with two attached hydrogens (primary N) is 1. The molecule has 27 nitrogen and oxygen atoms in total. The monoisotopic (exact) mass is 811 g/mol. The van der Waals surface area contributed by atoms with Crippen LogP contribution in [0.3, 0.4) is 0 Å². The number of rotatable bonds is 15. The molecule has 284 valence electrons. The Bertz CT molecular complexity index is 2050. The molecule has 2 aliphatic rings. The number of hydrogen-bond donors (Lipinski definition) is 8. The molecule has 0 bridgehead atoms. The molecule has 0 aromatic carbocycles. The molecule has 3 aromatic heterocycles. The number of nitrogens with one attached hydrogen (secondary N) is 1. The van der Waals surface area contributed by atoms with E-state index in [9.17, 15) is 47.6 Å². The molecule has 2 aliphatic heterocycles. The van der Waals surface area contributed by atoms with E-state index in [1.807, 2.05) is 4.98 Å². The summed E-state index contributed by atoms with van der Waals surface area (Å²) in [6.07, 6.45) is -6.72. The van der Waals surface area contributed by atoms with Crippen molar-refractivity contribution in [3.05, 3.63) is 45.8 Å². The Labute approximate surface area is 282 Å². The van der Waals surface area contributed by atoms with Gasteiger partial charge in [-0.2, -0.15) is 8.62 Å². The third-order valence-electron chi connectivity index (χ3n) is 7.06. The summed E-state index contributed by atoms with van der Waals surface area (Å²) >= 11 is 0. The Morgan fingerprint density at radius 2 is 1.61 bits per heavy atom. The van der Waals surface area contributed by atoms with Crippen molar-refractivity contribution in [1.82, 2.24) is 29.1 Å². The minimum atomic E-state index is -5.93. The minimum Gasteiger partial charge on any atom is -0.390 e. The number of nitrogens with zero attached hydrogens (tertiary/aromatic N) is 5. The molecular formula is C20H29N7O20P4. The van der Waals surface area contributed by atoms with Crippen LogP contribution in [0.5, 0.6) is 0 Å². The average Bonchev–Trinajstić information content (AvgIpc) is 3.68. The van der Waals surface area contributed by atoms with Crippen molar-refractivity contribution in [3.63, 3.8) is 0 Å². The van der Waals surface area contributed by atoms with Gasteiger partial charge >= 0.3 is 37.0 Å². The predicted octanol–water partition coefficient (Wildman–Crippen LogP) is -1.63. The number of phosphoric ester groups is 2. The van der Waals surface area contributed by atoms with Gasteiger partial charge in [0.05, 0.1) is 25.6 Å². The van der Waals surface area contributed by atoms with Crippen LogP contribution in [-0.4, -0.2) is 109 Å². The van der Waals surface area contributed by atoms with E-state index in [1.54, 1.807) is 0 Å². The highest BCUT2D eigenvalue weighted by atomic mass is 31.3. The highest BCUT2D eigenvalue weighted by Gasteiger charge is 2.52. The normalized spacial score (nSPS) is 29.1. The summed E-state index contributed by atoms with van der Waals surface area (Å²) in [6.45, 7) is -1.97. The molecule has 0 aliphatic carbocycles. The highest BCUT2D eigenvalue weighted by Crippen LogP contribution is 2.66. The van der Waals surface area contributed by atoms with Crippen LogP contribution in [0.1, 0.15) is 18.9 Å². The molecule has 9 N–H and O–H groups in total. The molecule has 2 fully saturated rings. The third kappa shape index (κ3) is 9.69. The summed E-state index contributed by atoms with van der Waals surface area (Å²) in [7, 11) is -21.6. The van der Waals surface area contributed by atoms with Gasteiger partial charge in [0.25, 0.3) is 5.56 Å². The lowest BCUT2D eigenvalue weighted by molar-refractivity contribution is -0.0619. The molecule has 31 heteroatoms. The van der Waals surface area contributed by atoms with E-state index < -0.39 is 98.7 Å². The number of ether oxygens (including phenoxy) is 3. The molecule has 0 spiro atoms. The zero-order valence-electron chi connectivity index (χ0n) is 25.5. The standard InChI is InChI=1S/C20H29N7O20P4/c1-40-16-15(45-49(34,35)41-5-10-9(28)4-13(43-10)27-8-24-14-17(21)22-7-23-18(14)27)11(44-19(16)26-3-2-12(29)25-20(26)30)6-42-50(36,37)47-51(38,39)46-48(31,32)33/h2-3,7-11,13,15-16,19,28H,4-6H2,1H3,(H,34,35)(H,36,37)(H,38,39)(H2,21,22,23)(H,25,29,30)(H2,31,32,33)/t9-,10-,11-,13-,15?,16+,19-/m1/s1. The fourth-order valence-corrected chi connectivity index (χ4v) is 9.00. The fourth-order valence-electron chi connectivity index (χ4n) is 5.01. The van der Waals surface area contributed by atoms with Gasteiger partial charge in [-0.3, -0.25) is 32.5 Å². The molecule has 5 heterocycles. The van der Waals surface area contributed by atoms with Gasteiger partial charge in [-0.1, -0.05) is 0 Å². The second-order valence-electron chi connectivity index (χ2n) is 10.5. The van der Waals surface area contributed by atoms with Crippen molar-refractivity contribution < 1.29 is 84.2 Å². The number of phosphoric acid groups is 4. The maximum atomic E-state index is 13.2. The first kappa shape index (κ1) is 39.6. The number of aromatic amines is 1. The van der Waals surface area contributed by atoms with Crippen molar-refractivity contribution in [3.8, 4) is 0 Å². The molecule has 0 saturated carbocycles. The first-order valence-corrected chi connectivity index (χ1v) is 19.9. The Hall–Kier alpha value is -2.61. The molecule has 51 heavy (non-hydrogen) atoms. The summed E-state index contributed by atoms with van der Waals surface area (Å²) in [5.74, 6) is 0.0915. The van der Waals surface area contributed by atoms with Gasteiger partial charge in [0.1, 0.15) is 42.5 Å². The van der Waals surface area contributed by atoms with E-state index in [4.69, 9.17) is 38.8 Å². The second-order valence-corrected chi connectivity index (χ2v) is 16.3. The van der Waals surface area contributed by atoms with Crippen LogP contribution in [0, 0.1) is 0 Å². The summed E-state index contributed by atoms with van der Waals surface area (Å²) in [6, 6.07) is 0.904. The fraction of sp³-hybridized carbons (Fsp3) is 0.550. The predicted molar refractivity (Wildman–Crippen MR) is 161 cm³/mol. The van der Waals surface area contributed by atoms with E-state index >= 15 is 0 Å². The van der Waals surface area contributed by atoms with Crippen molar-refractivity contribution in [2.75, 3.05) is 26.1 Å². The molecule has 10 atom stereocenters. The van der Waals surface area contributed by atoms with E-state index in [0.29, 0.717) is 0 Å². The van der Waals surface area contributed by atoms with Gasteiger partial charge < -0.3 is 49.5 Å². The Morgan fingerprint density at radius 1 is 0.922 bits per heavy atom. The number of H-pyrrole nitrogens is 1. The van der Waals surface area contributed by atoms with Crippen LogP contribution in [0.25, 0.3) is 11.2 Å². The molecular weight excluding hydrogens is 782 g/mol. The lowest BCUT2D eigenvalue weighted by Crippen LogP contribution is -2.40. The zero-order chi connectivity index (χ0) is 37.5. The summed E-state index contributed by atoms with van der Waals surface area (Å²) in [5.41, 5.74) is 4.47. The molecule has 5 rings (SSSR count). The number of hydrogen-bond acceptors (Lipinski definition) is 19. The Kier molecular flexibility index (Phi) is 11.7. The van der Waals surface area contributed by atoms with Crippen molar-refractivity contribution in [2.24, 2.45) is 0 Å².